The van der Waals surface area contributed by atoms with E-state index in [0.717, 1.165) is 35.8 Å². The highest BCUT2D eigenvalue weighted by atomic mass is 127. The number of para-hydroxylation sites is 1. The van der Waals surface area contributed by atoms with Crippen LogP contribution in [0.15, 0.2) is 39.7 Å². The fourth-order valence-corrected chi connectivity index (χ4v) is 3.48. The molecule has 1 aliphatic rings. The van der Waals surface area contributed by atoms with Crippen molar-refractivity contribution < 1.29 is 4.42 Å². The molecule has 0 aliphatic carbocycles. The van der Waals surface area contributed by atoms with Crippen LogP contribution in [0.2, 0.25) is 0 Å². The smallest absolute Gasteiger partial charge is 0.193 e. The summed E-state index contributed by atoms with van der Waals surface area (Å²) in [4.78, 5) is 8.95. The molecule has 1 fully saturated rings. The molecule has 2 aromatic rings. The van der Waals surface area contributed by atoms with Crippen molar-refractivity contribution in [3.05, 3.63) is 36.1 Å². The van der Waals surface area contributed by atoms with Gasteiger partial charge in [0.2, 0.25) is 0 Å². The van der Waals surface area contributed by atoms with Crippen molar-refractivity contribution >= 4 is 40.9 Å². The van der Waals surface area contributed by atoms with E-state index in [4.69, 9.17) is 4.42 Å². The number of hydrogen-bond acceptors (Lipinski definition) is 3. The average molecular weight is 456 g/mol. The summed E-state index contributed by atoms with van der Waals surface area (Å²) in [6.07, 6.45) is 2.58. The Morgan fingerprint density at radius 2 is 2.20 bits per heavy atom. The summed E-state index contributed by atoms with van der Waals surface area (Å²) in [5.74, 6) is 2.57. The second kappa shape index (κ2) is 9.43. The molecule has 1 saturated heterocycles. The summed E-state index contributed by atoms with van der Waals surface area (Å²) in [6.45, 7) is 4.06. The molecule has 1 N–H and O–H groups in total. The van der Waals surface area contributed by atoms with Gasteiger partial charge in [-0.25, -0.2) is 0 Å². The number of rotatable bonds is 4. The van der Waals surface area contributed by atoms with E-state index in [1.54, 1.807) is 0 Å². The lowest BCUT2D eigenvalue weighted by Gasteiger charge is -2.31. The Hall–Kier alpha value is -1.28. The quantitative estimate of drug-likeness (QED) is 0.435. The fraction of sp³-hybridized carbons (Fsp3) is 0.526. The molecule has 0 radical (unpaired) electrons. The van der Waals surface area contributed by atoms with Crippen molar-refractivity contribution in [1.29, 1.82) is 0 Å². The van der Waals surface area contributed by atoms with Crippen molar-refractivity contribution in [2.45, 2.75) is 19.4 Å². The maximum atomic E-state index is 5.91. The van der Waals surface area contributed by atoms with Gasteiger partial charge in [-0.1, -0.05) is 18.2 Å². The van der Waals surface area contributed by atoms with Crippen molar-refractivity contribution in [2.75, 3.05) is 40.8 Å². The zero-order valence-electron chi connectivity index (χ0n) is 15.4. The molecule has 138 valence electrons. The fourth-order valence-electron chi connectivity index (χ4n) is 3.48. The molecule has 25 heavy (non-hydrogen) atoms. The standard InChI is InChI=1S/C19H28N4O.HI/c1-20-19(21-12-15-7-6-10-22(2)13-15)23(3)14-17-11-16-8-4-5-9-18(16)24-17;/h4-5,8-9,11,15H,6-7,10,12-14H2,1-3H3,(H,20,21);1H. The van der Waals surface area contributed by atoms with E-state index in [1.807, 2.05) is 25.2 Å². The Labute approximate surface area is 167 Å². The number of likely N-dealkylation sites (tertiary alicyclic amines) is 1. The highest BCUT2D eigenvalue weighted by molar-refractivity contribution is 14.0. The molecule has 3 rings (SSSR count). The molecular formula is C19H29IN4O. The van der Waals surface area contributed by atoms with Crippen LogP contribution in [0.25, 0.3) is 11.0 Å². The topological polar surface area (TPSA) is 44.0 Å². The molecular weight excluding hydrogens is 427 g/mol. The van der Waals surface area contributed by atoms with Crippen LogP contribution in [-0.4, -0.2) is 56.5 Å². The number of halogens is 1. The van der Waals surface area contributed by atoms with E-state index in [2.05, 4.69) is 46.3 Å². The van der Waals surface area contributed by atoms with Crippen LogP contribution in [0.5, 0.6) is 0 Å². The van der Waals surface area contributed by atoms with Gasteiger partial charge in [0.1, 0.15) is 11.3 Å². The maximum absolute atomic E-state index is 5.91. The van der Waals surface area contributed by atoms with Crippen LogP contribution in [0.3, 0.4) is 0 Å². The van der Waals surface area contributed by atoms with E-state index in [9.17, 15) is 0 Å². The minimum absolute atomic E-state index is 0. The van der Waals surface area contributed by atoms with Gasteiger partial charge in [-0.3, -0.25) is 4.99 Å². The summed E-state index contributed by atoms with van der Waals surface area (Å²) >= 11 is 0. The minimum Gasteiger partial charge on any atom is -0.459 e. The molecule has 0 spiro atoms. The lowest BCUT2D eigenvalue weighted by Crippen LogP contribution is -2.44. The van der Waals surface area contributed by atoms with Crippen molar-refractivity contribution in [3.8, 4) is 0 Å². The van der Waals surface area contributed by atoms with E-state index < -0.39 is 0 Å². The summed E-state index contributed by atoms with van der Waals surface area (Å²) in [5, 5.41) is 4.67. The van der Waals surface area contributed by atoms with Gasteiger partial charge >= 0.3 is 0 Å². The Kier molecular flexibility index (Phi) is 7.56. The van der Waals surface area contributed by atoms with E-state index in [1.165, 1.54) is 19.4 Å². The van der Waals surface area contributed by atoms with Gasteiger partial charge in [0.25, 0.3) is 0 Å². The van der Waals surface area contributed by atoms with Gasteiger partial charge in [0.05, 0.1) is 6.54 Å². The van der Waals surface area contributed by atoms with Crippen LogP contribution in [0.4, 0.5) is 0 Å². The van der Waals surface area contributed by atoms with E-state index in [-0.39, 0.29) is 24.0 Å². The minimum atomic E-state index is 0. The molecule has 1 aliphatic heterocycles. The van der Waals surface area contributed by atoms with Gasteiger partial charge in [-0.15, -0.1) is 24.0 Å². The van der Waals surface area contributed by atoms with Crippen LogP contribution in [0, 0.1) is 5.92 Å². The number of benzene rings is 1. The number of guanidine groups is 1. The number of aliphatic imine (C=N–C) groups is 1. The number of nitrogens with zero attached hydrogens (tertiary/aromatic N) is 3. The summed E-state index contributed by atoms with van der Waals surface area (Å²) < 4.78 is 5.91. The van der Waals surface area contributed by atoms with Gasteiger partial charge in [0.15, 0.2) is 5.96 Å². The number of nitrogens with one attached hydrogen (secondary N) is 1. The second-order valence-corrected chi connectivity index (χ2v) is 6.81. The number of hydrogen-bond donors (Lipinski definition) is 1. The maximum Gasteiger partial charge on any atom is 0.193 e. The average Bonchev–Trinajstić information content (AvgIpc) is 2.97. The summed E-state index contributed by atoms with van der Waals surface area (Å²) in [6, 6.07) is 10.2. The number of fused-ring (bicyclic) bond motifs is 1. The zero-order chi connectivity index (χ0) is 16.9. The lowest BCUT2D eigenvalue weighted by molar-refractivity contribution is 0.209. The number of furan rings is 1. The molecule has 2 heterocycles. The molecule has 6 heteroatoms. The molecule has 5 nitrogen and oxygen atoms in total. The predicted octanol–water partition coefficient (Wildman–Crippen LogP) is 3.40. The molecule has 1 aromatic carbocycles. The molecule has 1 unspecified atom stereocenters. The van der Waals surface area contributed by atoms with Gasteiger partial charge < -0.3 is 19.5 Å². The third kappa shape index (κ3) is 5.34. The van der Waals surface area contributed by atoms with Crippen LogP contribution in [-0.2, 0) is 6.54 Å². The zero-order valence-corrected chi connectivity index (χ0v) is 17.7. The third-order valence-corrected chi connectivity index (χ3v) is 4.71. The van der Waals surface area contributed by atoms with Crippen molar-refractivity contribution in [2.24, 2.45) is 10.9 Å². The highest BCUT2D eigenvalue weighted by Crippen LogP contribution is 2.20. The summed E-state index contributed by atoms with van der Waals surface area (Å²) in [5.41, 5.74) is 0.939. The summed E-state index contributed by atoms with van der Waals surface area (Å²) in [7, 11) is 6.09. The number of piperidine rings is 1. The first-order chi connectivity index (χ1) is 11.7. The Bertz CT molecular complexity index is 667. The molecule has 1 atom stereocenters. The van der Waals surface area contributed by atoms with Crippen LogP contribution in [0.1, 0.15) is 18.6 Å². The van der Waals surface area contributed by atoms with Gasteiger partial charge in [-0.2, -0.15) is 0 Å². The van der Waals surface area contributed by atoms with Gasteiger partial charge in [0, 0.05) is 32.6 Å². The lowest BCUT2D eigenvalue weighted by atomic mass is 9.99. The largest absolute Gasteiger partial charge is 0.459 e. The molecule has 0 bridgehead atoms. The first kappa shape index (κ1) is 20.0. The normalized spacial score (nSPS) is 18.8. The van der Waals surface area contributed by atoms with Crippen LogP contribution < -0.4 is 5.32 Å². The Morgan fingerprint density at radius 1 is 1.40 bits per heavy atom. The molecule has 1 aromatic heterocycles. The van der Waals surface area contributed by atoms with Crippen LogP contribution >= 0.6 is 24.0 Å². The van der Waals surface area contributed by atoms with E-state index in [0.29, 0.717) is 12.5 Å². The second-order valence-electron chi connectivity index (χ2n) is 6.81. The predicted molar refractivity (Wildman–Crippen MR) is 115 cm³/mol. The SMILES string of the molecule is CN=C(NCC1CCCN(C)C1)N(C)Cc1cc2ccccc2o1.I. The Morgan fingerprint density at radius 3 is 2.92 bits per heavy atom. The Balaban J connectivity index is 0.00000225. The highest BCUT2D eigenvalue weighted by Gasteiger charge is 2.18. The third-order valence-electron chi connectivity index (χ3n) is 4.71. The van der Waals surface area contributed by atoms with E-state index >= 15 is 0 Å². The molecule has 0 amide bonds. The first-order valence-corrected chi connectivity index (χ1v) is 8.73. The molecule has 0 saturated carbocycles. The van der Waals surface area contributed by atoms with Crippen molar-refractivity contribution in [1.82, 2.24) is 15.1 Å². The van der Waals surface area contributed by atoms with Gasteiger partial charge in [-0.05, 0) is 44.5 Å². The monoisotopic (exact) mass is 456 g/mol. The van der Waals surface area contributed by atoms with Crippen molar-refractivity contribution in [3.63, 3.8) is 0 Å². The first-order valence-electron chi connectivity index (χ1n) is 8.73.